The first-order chi connectivity index (χ1) is 21.2. The SMILES string of the molecule is CCC1(c2ccccc2)CC(O)=C(C2CC(c3ccc(OCc4ccc(C(F)(F)F)cc4)cc3)Cc3ccccc32)C(=O)O1. The van der Waals surface area contributed by atoms with E-state index in [1.807, 2.05) is 79.7 Å². The van der Waals surface area contributed by atoms with Crippen LogP contribution in [0.4, 0.5) is 13.2 Å². The van der Waals surface area contributed by atoms with E-state index in [0.717, 1.165) is 40.8 Å². The number of ether oxygens (including phenoxy) is 2. The van der Waals surface area contributed by atoms with Crippen molar-refractivity contribution in [3.8, 4) is 5.75 Å². The molecule has 7 heteroatoms. The summed E-state index contributed by atoms with van der Waals surface area (Å²) in [5.74, 6) is -0.0293. The maximum atomic E-state index is 13.7. The summed E-state index contributed by atoms with van der Waals surface area (Å²) in [6.45, 7) is 2.11. The Morgan fingerprint density at radius 3 is 2.25 bits per heavy atom. The number of aliphatic hydroxyl groups excluding tert-OH is 1. The fourth-order valence-corrected chi connectivity index (χ4v) is 6.54. The van der Waals surface area contributed by atoms with Crippen molar-refractivity contribution in [1.29, 1.82) is 0 Å². The minimum atomic E-state index is -4.37. The summed E-state index contributed by atoms with van der Waals surface area (Å²) in [5.41, 5.74) is 3.47. The van der Waals surface area contributed by atoms with Gasteiger partial charge in [-0.05, 0) is 77.3 Å². The first-order valence-electron chi connectivity index (χ1n) is 14.8. The average Bonchev–Trinajstić information content (AvgIpc) is 3.03. The second kappa shape index (κ2) is 11.9. The third-order valence-electron chi connectivity index (χ3n) is 8.95. The van der Waals surface area contributed by atoms with Gasteiger partial charge in [-0.1, -0.05) is 85.8 Å². The van der Waals surface area contributed by atoms with Gasteiger partial charge in [0.1, 0.15) is 23.7 Å². The summed E-state index contributed by atoms with van der Waals surface area (Å²) in [6, 6.07) is 30.3. The van der Waals surface area contributed by atoms with Gasteiger partial charge in [0.25, 0.3) is 0 Å². The summed E-state index contributed by atoms with van der Waals surface area (Å²) in [5, 5.41) is 11.5. The molecule has 0 radical (unpaired) electrons. The maximum absolute atomic E-state index is 13.7. The van der Waals surface area contributed by atoms with Crippen LogP contribution in [0.15, 0.2) is 114 Å². The van der Waals surface area contributed by atoms with Crippen LogP contribution < -0.4 is 4.74 Å². The van der Waals surface area contributed by atoms with Crippen molar-refractivity contribution in [2.24, 2.45) is 0 Å². The van der Waals surface area contributed by atoms with E-state index in [1.54, 1.807) is 0 Å². The van der Waals surface area contributed by atoms with Crippen LogP contribution in [0.2, 0.25) is 0 Å². The Hall–Kier alpha value is -4.52. The molecule has 3 unspecified atom stereocenters. The molecule has 4 aromatic rings. The van der Waals surface area contributed by atoms with Crippen LogP contribution in [0.5, 0.6) is 5.75 Å². The Morgan fingerprint density at radius 1 is 0.909 bits per heavy atom. The fraction of sp³-hybridized carbons (Fsp3) is 0.270. The van der Waals surface area contributed by atoms with Gasteiger partial charge in [0, 0.05) is 12.3 Å². The number of hydrogen-bond donors (Lipinski definition) is 1. The zero-order valence-electron chi connectivity index (χ0n) is 24.3. The van der Waals surface area contributed by atoms with E-state index < -0.39 is 23.3 Å². The number of aliphatic hydroxyl groups is 1. The molecule has 1 aliphatic carbocycles. The van der Waals surface area contributed by atoms with E-state index in [9.17, 15) is 23.1 Å². The van der Waals surface area contributed by atoms with Crippen LogP contribution in [0.1, 0.15) is 71.4 Å². The first kappa shape index (κ1) is 29.5. The first-order valence-corrected chi connectivity index (χ1v) is 14.8. The average molecular weight is 599 g/mol. The summed E-state index contributed by atoms with van der Waals surface area (Å²) in [4.78, 5) is 13.7. The lowest BCUT2D eigenvalue weighted by Crippen LogP contribution is -2.39. The third kappa shape index (κ3) is 5.83. The molecule has 6 rings (SSSR count). The molecule has 1 N–H and O–H groups in total. The van der Waals surface area contributed by atoms with Crippen LogP contribution in [-0.4, -0.2) is 11.1 Å². The Labute approximate surface area is 254 Å². The molecule has 0 saturated heterocycles. The number of rotatable bonds is 7. The highest BCUT2D eigenvalue weighted by Crippen LogP contribution is 2.49. The Morgan fingerprint density at radius 2 is 1.59 bits per heavy atom. The molecule has 4 nitrogen and oxygen atoms in total. The molecule has 0 saturated carbocycles. The van der Waals surface area contributed by atoms with Gasteiger partial charge >= 0.3 is 12.1 Å². The molecular formula is C37H33F3O4. The molecular weight excluding hydrogens is 565 g/mol. The normalized spacial score (nSPS) is 21.9. The topological polar surface area (TPSA) is 55.8 Å². The van der Waals surface area contributed by atoms with Gasteiger partial charge in [0.05, 0.1) is 11.1 Å². The number of carbonyl (C=O) groups excluding carboxylic acids is 1. The predicted octanol–water partition coefficient (Wildman–Crippen LogP) is 9.16. The smallest absolute Gasteiger partial charge is 0.416 e. The maximum Gasteiger partial charge on any atom is 0.416 e. The second-order valence-corrected chi connectivity index (χ2v) is 11.6. The van der Waals surface area contributed by atoms with Crippen LogP contribution in [0, 0.1) is 0 Å². The van der Waals surface area contributed by atoms with Crippen molar-refractivity contribution in [2.75, 3.05) is 0 Å². The van der Waals surface area contributed by atoms with Gasteiger partial charge in [-0.3, -0.25) is 0 Å². The van der Waals surface area contributed by atoms with Crippen LogP contribution >= 0.6 is 0 Å². The van der Waals surface area contributed by atoms with E-state index in [-0.39, 0.29) is 30.6 Å². The minimum absolute atomic E-state index is 0.0824. The van der Waals surface area contributed by atoms with E-state index >= 15 is 0 Å². The van der Waals surface area contributed by atoms with Crippen molar-refractivity contribution >= 4 is 5.97 Å². The lowest BCUT2D eigenvalue weighted by molar-refractivity contribution is -0.161. The molecule has 1 heterocycles. The van der Waals surface area contributed by atoms with Gasteiger partial charge in [-0.25, -0.2) is 4.79 Å². The van der Waals surface area contributed by atoms with Gasteiger partial charge < -0.3 is 14.6 Å². The summed E-state index contributed by atoms with van der Waals surface area (Å²) < 4.78 is 50.6. The van der Waals surface area contributed by atoms with E-state index in [0.29, 0.717) is 29.7 Å². The van der Waals surface area contributed by atoms with Crippen molar-refractivity contribution in [3.05, 3.63) is 148 Å². The van der Waals surface area contributed by atoms with Crippen molar-refractivity contribution in [2.45, 2.75) is 62.8 Å². The third-order valence-corrected chi connectivity index (χ3v) is 8.95. The number of fused-ring (bicyclic) bond motifs is 1. The molecule has 2 aliphatic rings. The van der Waals surface area contributed by atoms with Gasteiger partial charge in [-0.15, -0.1) is 0 Å². The van der Waals surface area contributed by atoms with Gasteiger partial charge in [0.15, 0.2) is 0 Å². The Kier molecular flexibility index (Phi) is 7.97. The number of cyclic esters (lactones) is 1. The quantitative estimate of drug-likeness (QED) is 0.216. The lowest BCUT2D eigenvalue weighted by atomic mass is 9.70. The monoisotopic (exact) mass is 598 g/mol. The minimum Gasteiger partial charge on any atom is -0.512 e. The molecule has 226 valence electrons. The molecule has 4 aromatic carbocycles. The molecule has 0 amide bonds. The predicted molar refractivity (Wildman–Crippen MR) is 161 cm³/mol. The molecule has 0 fully saturated rings. The number of hydrogen-bond acceptors (Lipinski definition) is 4. The summed E-state index contributed by atoms with van der Waals surface area (Å²) in [7, 11) is 0. The number of carbonyl (C=O) groups is 1. The van der Waals surface area contributed by atoms with Crippen LogP contribution in [-0.2, 0) is 34.3 Å². The molecule has 0 bridgehead atoms. The molecule has 44 heavy (non-hydrogen) atoms. The number of benzene rings is 4. The van der Waals surface area contributed by atoms with E-state index in [1.165, 1.54) is 12.1 Å². The molecule has 0 aromatic heterocycles. The van der Waals surface area contributed by atoms with Gasteiger partial charge in [-0.2, -0.15) is 13.2 Å². The van der Waals surface area contributed by atoms with Crippen molar-refractivity contribution < 1.29 is 32.5 Å². The molecule has 3 atom stereocenters. The Bertz CT molecular complexity index is 1660. The summed E-state index contributed by atoms with van der Waals surface area (Å²) >= 11 is 0. The standard InChI is InChI=1S/C37H33F3O4/c1-2-36(28-9-4-3-5-10-28)22-33(41)34(35(42)44-36)32-21-27(20-26-8-6-7-11-31(26)32)25-14-18-30(19-15-25)43-23-24-12-16-29(17-13-24)37(38,39)40/h3-19,27,32,41H,2,20-23H2,1H3. The largest absolute Gasteiger partial charge is 0.512 e. The van der Waals surface area contributed by atoms with Crippen molar-refractivity contribution in [3.63, 3.8) is 0 Å². The highest BCUT2D eigenvalue weighted by Gasteiger charge is 2.45. The highest BCUT2D eigenvalue weighted by atomic mass is 19.4. The second-order valence-electron chi connectivity index (χ2n) is 11.6. The lowest BCUT2D eigenvalue weighted by Gasteiger charge is -2.40. The zero-order chi connectivity index (χ0) is 30.9. The Balaban J connectivity index is 1.22. The van der Waals surface area contributed by atoms with E-state index in [4.69, 9.17) is 9.47 Å². The fourth-order valence-electron chi connectivity index (χ4n) is 6.54. The van der Waals surface area contributed by atoms with E-state index in [2.05, 4.69) is 6.07 Å². The summed E-state index contributed by atoms with van der Waals surface area (Å²) in [6.07, 6.45) is -2.20. The van der Waals surface area contributed by atoms with Gasteiger partial charge in [0.2, 0.25) is 0 Å². The zero-order valence-corrected chi connectivity index (χ0v) is 24.3. The van der Waals surface area contributed by atoms with Crippen LogP contribution in [0.25, 0.3) is 0 Å². The van der Waals surface area contributed by atoms with Crippen LogP contribution in [0.3, 0.4) is 0 Å². The molecule has 0 spiro atoms. The number of halogens is 3. The number of esters is 1. The number of alkyl halides is 3. The molecule has 1 aliphatic heterocycles. The highest BCUT2D eigenvalue weighted by molar-refractivity contribution is 5.92. The van der Waals surface area contributed by atoms with Crippen molar-refractivity contribution in [1.82, 2.24) is 0 Å².